The molecule has 0 unspecified atom stereocenters. The number of nitrogens with one attached hydrogen (secondary N) is 1. The van der Waals surface area contributed by atoms with Gasteiger partial charge in [0.15, 0.2) is 11.6 Å². The molecule has 0 spiro atoms. The fraction of sp³-hybridized carbons (Fsp3) is 0.348. The van der Waals surface area contributed by atoms with Crippen LogP contribution in [-0.2, 0) is 11.3 Å². The molecule has 1 aromatic rings. The molecule has 1 rings (SSSR count). The van der Waals surface area contributed by atoms with Gasteiger partial charge in [-0.25, -0.2) is 8.78 Å². The van der Waals surface area contributed by atoms with Crippen LogP contribution in [0.3, 0.4) is 0 Å². The molecule has 0 radical (unpaired) electrons. The molecule has 0 aromatic heterocycles. The van der Waals surface area contributed by atoms with E-state index in [4.69, 9.17) is 16.9 Å². The van der Waals surface area contributed by atoms with Crippen molar-refractivity contribution in [3.63, 3.8) is 0 Å². The Kier molecular flexibility index (Phi) is 10.2. The minimum Gasteiger partial charge on any atom is -0.490 e. The highest BCUT2D eigenvalue weighted by atomic mass is 19.1. The lowest BCUT2D eigenvalue weighted by molar-refractivity contribution is -0.117. The zero-order valence-corrected chi connectivity index (χ0v) is 17.1. The second-order valence-corrected chi connectivity index (χ2v) is 6.54. The summed E-state index contributed by atoms with van der Waals surface area (Å²) < 4.78 is 34.0. The van der Waals surface area contributed by atoms with Gasteiger partial charge in [0.05, 0.1) is 12.2 Å². The van der Waals surface area contributed by atoms with E-state index in [1.165, 1.54) is 25.1 Å². The van der Waals surface area contributed by atoms with Gasteiger partial charge in [-0.2, -0.15) is 0 Å². The maximum atomic E-state index is 14.6. The highest BCUT2D eigenvalue weighted by Crippen LogP contribution is 2.21. The Morgan fingerprint density at radius 2 is 2.07 bits per heavy atom. The smallest absolute Gasteiger partial charge is 0.253 e. The number of benzene rings is 1. The molecule has 1 amide bonds. The van der Waals surface area contributed by atoms with E-state index in [9.17, 15) is 13.6 Å². The van der Waals surface area contributed by atoms with Crippen LogP contribution in [0.15, 0.2) is 53.0 Å². The summed E-state index contributed by atoms with van der Waals surface area (Å²) in [6.07, 6.45) is 9.44. The summed E-state index contributed by atoms with van der Waals surface area (Å²) in [7, 11) is 0. The molecule has 0 atom stereocenters. The summed E-state index contributed by atoms with van der Waals surface area (Å²) >= 11 is 0. The molecule has 0 fully saturated rings. The van der Waals surface area contributed by atoms with Gasteiger partial charge in [-0.1, -0.05) is 24.6 Å². The van der Waals surface area contributed by atoms with Crippen molar-refractivity contribution in [2.45, 2.75) is 46.6 Å². The molecular formula is C23H28F2N2O2. The Morgan fingerprint density at radius 3 is 2.69 bits per heavy atom. The van der Waals surface area contributed by atoms with E-state index in [1.54, 1.807) is 13.0 Å². The summed E-state index contributed by atoms with van der Waals surface area (Å²) in [5.74, 6) is 0.843. The summed E-state index contributed by atoms with van der Waals surface area (Å²) in [4.78, 5) is 12.4. The standard InChI is InChI=1S/C23H28F2N2O2/c1-5-7-8-12-29-21-11-9-10-18(22(21)25)15-27-23(28)20(17(4)26)14-19(24)13-16(3)6-2/h1,9-11,13-14H,6-8,12,15,26H2,2-4H3,(H,27,28)/b16-13?,19-14+,20-17-. The lowest BCUT2D eigenvalue weighted by Crippen LogP contribution is -2.26. The molecular weight excluding hydrogens is 374 g/mol. The normalized spacial score (nSPS) is 12.8. The van der Waals surface area contributed by atoms with Gasteiger partial charge >= 0.3 is 0 Å². The molecule has 0 aliphatic heterocycles. The highest BCUT2D eigenvalue weighted by Gasteiger charge is 2.14. The van der Waals surface area contributed by atoms with Crippen LogP contribution in [0.4, 0.5) is 8.78 Å². The zero-order chi connectivity index (χ0) is 21.8. The van der Waals surface area contributed by atoms with Gasteiger partial charge in [0.1, 0.15) is 5.83 Å². The number of hydrogen-bond donors (Lipinski definition) is 2. The van der Waals surface area contributed by atoms with E-state index in [0.717, 1.165) is 11.6 Å². The number of nitrogens with two attached hydrogens (primary N) is 1. The predicted molar refractivity (Wildman–Crippen MR) is 112 cm³/mol. The minimum absolute atomic E-state index is 0.00949. The number of terminal acetylenes is 1. The number of rotatable bonds is 10. The number of carbonyl (C=O) groups is 1. The Morgan fingerprint density at radius 1 is 1.34 bits per heavy atom. The van der Waals surface area contributed by atoms with Gasteiger partial charge in [-0.05, 0) is 44.9 Å². The fourth-order valence-corrected chi connectivity index (χ4v) is 2.31. The first kappa shape index (κ1) is 24.0. The summed E-state index contributed by atoms with van der Waals surface area (Å²) in [6.45, 7) is 5.39. The first-order valence-corrected chi connectivity index (χ1v) is 9.42. The lowest BCUT2D eigenvalue weighted by Gasteiger charge is -2.11. The molecule has 1 aromatic carbocycles. The molecule has 3 N–H and O–H groups in total. The van der Waals surface area contributed by atoms with Crippen LogP contribution in [-0.4, -0.2) is 12.5 Å². The average Bonchev–Trinajstić information content (AvgIpc) is 2.69. The number of unbranched alkanes of at least 4 members (excludes halogenated alkanes) is 1. The van der Waals surface area contributed by atoms with Gasteiger partial charge in [-0.15, -0.1) is 12.3 Å². The Hall–Kier alpha value is -3.07. The van der Waals surface area contributed by atoms with E-state index in [-0.39, 0.29) is 29.1 Å². The number of allylic oxidation sites excluding steroid dienone is 4. The van der Waals surface area contributed by atoms with Crippen LogP contribution in [0.5, 0.6) is 5.75 Å². The van der Waals surface area contributed by atoms with E-state index < -0.39 is 17.6 Å². The van der Waals surface area contributed by atoms with Crippen LogP contribution < -0.4 is 15.8 Å². The second kappa shape index (κ2) is 12.4. The molecule has 0 saturated carbocycles. The molecule has 0 aliphatic rings. The summed E-state index contributed by atoms with van der Waals surface area (Å²) in [5, 5.41) is 2.57. The largest absolute Gasteiger partial charge is 0.490 e. The maximum absolute atomic E-state index is 14.6. The van der Waals surface area contributed by atoms with Gasteiger partial charge < -0.3 is 15.8 Å². The van der Waals surface area contributed by atoms with Gasteiger partial charge in [0.2, 0.25) is 0 Å². The lowest BCUT2D eigenvalue weighted by atomic mass is 10.1. The molecule has 0 heterocycles. The second-order valence-electron chi connectivity index (χ2n) is 6.54. The predicted octanol–water partition coefficient (Wildman–Crippen LogP) is 4.68. The minimum atomic E-state index is -0.595. The Bertz CT molecular complexity index is 845. The van der Waals surface area contributed by atoms with Crippen molar-refractivity contribution in [2.75, 3.05) is 6.61 Å². The van der Waals surface area contributed by atoms with Crippen LogP contribution in [0.2, 0.25) is 0 Å². The maximum Gasteiger partial charge on any atom is 0.253 e. The van der Waals surface area contributed by atoms with Gasteiger partial charge in [0.25, 0.3) is 5.91 Å². The van der Waals surface area contributed by atoms with Crippen molar-refractivity contribution < 1.29 is 18.3 Å². The van der Waals surface area contributed by atoms with Crippen molar-refractivity contribution in [3.8, 4) is 18.1 Å². The van der Waals surface area contributed by atoms with Crippen molar-refractivity contribution in [1.29, 1.82) is 0 Å². The van der Waals surface area contributed by atoms with E-state index >= 15 is 0 Å². The van der Waals surface area contributed by atoms with Crippen LogP contribution in [0.25, 0.3) is 0 Å². The number of hydrogen-bond acceptors (Lipinski definition) is 3. The molecule has 0 aliphatic carbocycles. The third-order valence-electron chi connectivity index (χ3n) is 4.10. The van der Waals surface area contributed by atoms with E-state index in [2.05, 4.69) is 11.2 Å². The fourth-order valence-electron chi connectivity index (χ4n) is 2.31. The molecule has 0 bridgehead atoms. The number of halogens is 2. The van der Waals surface area contributed by atoms with E-state index in [0.29, 0.717) is 25.9 Å². The quantitative estimate of drug-likeness (QED) is 0.259. The van der Waals surface area contributed by atoms with Gasteiger partial charge in [-0.3, -0.25) is 4.79 Å². The van der Waals surface area contributed by atoms with Crippen molar-refractivity contribution in [3.05, 3.63) is 64.4 Å². The SMILES string of the molecule is C#CCCCOc1cccc(CNC(=O)C(/C=C(/F)C=C(C)CC)=C(/C)N)c1F. The zero-order valence-electron chi connectivity index (χ0n) is 17.1. The highest BCUT2D eigenvalue weighted by molar-refractivity contribution is 5.96. The Balaban J connectivity index is 2.86. The van der Waals surface area contributed by atoms with Gasteiger partial charge in [0, 0.05) is 24.2 Å². The van der Waals surface area contributed by atoms with Crippen LogP contribution >= 0.6 is 0 Å². The molecule has 156 valence electrons. The Labute approximate surface area is 171 Å². The van der Waals surface area contributed by atoms with Crippen molar-refractivity contribution in [2.24, 2.45) is 5.73 Å². The monoisotopic (exact) mass is 402 g/mol. The molecule has 4 nitrogen and oxygen atoms in total. The van der Waals surface area contributed by atoms with Crippen molar-refractivity contribution in [1.82, 2.24) is 5.32 Å². The van der Waals surface area contributed by atoms with Crippen molar-refractivity contribution >= 4 is 5.91 Å². The molecule has 6 heteroatoms. The molecule has 29 heavy (non-hydrogen) atoms. The number of carbonyl (C=O) groups excluding carboxylic acids is 1. The third kappa shape index (κ3) is 8.22. The van der Waals surface area contributed by atoms with Crippen LogP contribution in [0.1, 0.15) is 45.6 Å². The third-order valence-corrected chi connectivity index (χ3v) is 4.10. The first-order valence-electron chi connectivity index (χ1n) is 9.42. The van der Waals surface area contributed by atoms with Crippen LogP contribution in [0, 0.1) is 18.2 Å². The van der Waals surface area contributed by atoms with E-state index in [1.807, 2.05) is 6.92 Å². The average molecular weight is 402 g/mol. The number of ether oxygens (including phenoxy) is 1. The topological polar surface area (TPSA) is 64.3 Å². The first-order chi connectivity index (χ1) is 13.8. The summed E-state index contributed by atoms with van der Waals surface area (Å²) in [5.41, 5.74) is 6.95. The number of amides is 1. The molecule has 0 saturated heterocycles. The summed E-state index contributed by atoms with van der Waals surface area (Å²) in [6, 6.07) is 4.67.